The smallest absolute Gasteiger partial charge is 0.0727 e. The molecule has 1 heteroatoms. The molecule has 1 aromatic rings. The first-order valence-electron chi connectivity index (χ1n) is 14.5. The molecule has 186 valence electrons. The van der Waals surface area contributed by atoms with Crippen molar-refractivity contribution in [2.75, 3.05) is 0 Å². The van der Waals surface area contributed by atoms with Gasteiger partial charge in [-0.1, -0.05) is 175 Å². The van der Waals surface area contributed by atoms with E-state index in [1.807, 2.05) is 0 Å². The Morgan fingerprint density at radius 2 is 1.09 bits per heavy atom. The van der Waals surface area contributed by atoms with Gasteiger partial charge in [0, 0.05) is 5.41 Å². The molecule has 1 aromatic carbocycles. The van der Waals surface area contributed by atoms with Crippen LogP contribution in [0.3, 0.4) is 0 Å². The van der Waals surface area contributed by atoms with Gasteiger partial charge in [0.1, 0.15) is 0 Å². The van der Waals surface area contributed by atoms with Gasteiger partial charge in [-0.15, -0.1) is 0 Å². The first-order chi connectivity index (χ1) is 16.1. The van der Waals surface area contributed by atoms with Gasteiger partial charge >= 0.3 is 0 Å². The summed E-state index contributed by atoms with van der Waals surface area (Å²) in [4.78, 5) is 0. The predicted molar refractivity (Wildman–Crippen MR) is 153 cm³/mol. The number of hydrogen-bond donors (Lipinski definition) is 0. The Kier molecular flexibility index (Phi) is 14.1. The van der Waals surface area contributed by atoms with Crippen molar-refractivity contribution in [2.45, 2.75) is 137 Å². The summed E-state index contributed by atoms with van der Waals surface area (Å²) in [6.45, 7) is 9.56. The SMILES string of the molecule is CCCCCCCCCCCCCCCCCCC1(C)C([SiH2]c2ccccc2)=CC(C)=C1C. The molecule has 0 radical (unpaired) electrons. The molecule has 0 aromatic heterocycles. The van der Waals surface area contributed by atoms with E-state index in [1.54, 1.807) is 16.0 Å². The fourth-order valence-electron chi connectivity index (χ4n) is 5.64. The second kappa shape index (κ2) is 16.5. The highest BCUT2D eigenvalue weighted by Crippen LogP contribution is 2.46. The van der Waals surface area contributed by atoms with Gasteiger partial charge in [-0.25, -0.2) is 0 Å². The number of hydrogen-bond acceptors (Lipinski definition) is 0. The lowest BCUT2D eigenvalue weighted by Gasteiger charge is -2.31. The van der Waals surface area contributed by atoms with Crippen LogP contribution < -0.4 is 5.19 Å². The molecule has 0 N–H and O–H groups in total. The van der Waals surface area contributed by atoms with E-state index in [2.05, 4.69) is 64.1 Å². The summed E-state index contributed by atoms with van der Waals surface area (Å²) in [5.74, 6) is 0. The Morgan fingerprint density at radius 3 is 1.58 bits per heavy atom. The summed E-state index contributed by atoms with van der Waals surface area (Å²) in [6.07, 6.45) is 27.1. The van der Waals surface area contributed by atoms with E-state index in [1.165, 1.54) is 115 Å². The highest BCUT2D eigenvalue weighted by atomic mass is 28.2. The van der Waals surface area contributed by atoms with E-state index in [0.29, 0.717) is 5.41 Å². The fraction of sp³-hybridized carbons (Fsp3) is 0.688. The molecule has 0 heterocycles. The monoisotopic (exact) mass is 466 g/mol. The quantitative estimate of drug-likeness (QED) is 0.141. The third-order valence-electron chi connectivity index (χ3n) is 8.29. The standard InChI is InChI=1S/C32H54Si/c1-5-6-7-8-9-10-11-12-13-14-15-16-17-18-19-23-26-32(4)29(3)28(2)27-31(32)33-30-24-21-20-22-25-30/h20-22,24-25,27H,5-19,23,26,33H2,1-4H3. The van der Waals surface area contributed by atoms with E-state index >= 15 is 0 Å². The van der Waals surface area contributed by atoms with Gasteiger partial charge in [-0.2, -0.15) is 0 Å². The van der Waals surface area contributed by atoms with Gasteiger partial charge < -0.3 is 0 Å². The molecule has 0 saturated carbocycles. The van der Waals surface area contributed by atoms with Gasteiger partial charge in [-0.3, -0.25) is 0 Å². The molecule has 1 aliphatic rings. The molecule has 1 atom stereocenters. The van der Waals surface area contributed by atoms with Crippen LogP contribution >= 0.6 is 0 Å². The van der Waals surface area contributed by atoms with Crippen molar-refractivity contribution in [3.63, 3.8) is 0 Å². The molecule has 1 aliphatic carbocycles. The lowest BCUT2D eigenvalue weighted by atomic mass is 9.79. The Hall–Kier alpha value is -1.08. The number of rotatable bonds is 19. The van der Waals surface area contributed by atoms with E-state index in [0.717, 1.165) is 0 Å². The van der Waals surface area contributed by atoms with Crippen LogP contribution in [0.4, 0.5) is 0 Å². The number of unbranched alkanes of at least 4 members (excludes halogenated alkanes) is 15. The molecule has 0 amide bonds. The van der Waals surface area contributed by atoms with Crippen LogP contribution in [-0.2, 0) is 0 Å². The van der Waals surface area contributed by atoms with Crippen molar-refractivity contribution in [3.8, 4) is 0 Å². The van der Waals surface area contributed by atoms with Crippen molar-refractivity contribution in [3.05, 3.63) is 52.8 Å². The summed E-state index contributed by atoms with van der Waals surface area (Å²) in [5.41, 5.74) is 3.51. The third-order valence-corrected chi connectivity index (χ3v) is 10.5. The molecule has 0 aliphatic heterocycles. The maximum atomic E-state index is 2.54. The highest BCUT2D eigenvalue weighted by molar-refractivity contribution is 6.61. The fourth-order valence-corrected chi connectivity index (χ4v) is 7.83. The van der Waals surface area contributed by atoms with Crippen molar-refractivity contribution in [2.24, 2.45) is 5.41 Å². The van der Waals surface area contributed by atoms with Crippen LogP contribution in [0.2, 0.25) is 0 Å². The van der Waals surface area contributed by atoms with Gasteiger partial charge in [0.15, 0.2) is 0 Å². The van der Waals surface area contributed by atoms with Crippen LogP contribution in [0.5, 0.6) is 0 Å². The molecule has 0 nitrogen and oxygen atoms in total. The van der Waals surface area contributed by atoms with Crippen molar-refractivity contribution >= 4 is 14.7 Å². The predicted octanol–water partition coefficient (Wildman–Crippen LogP) is 9.37. The average molecular weight is 467 g/mol. The second-order valence-electron chi connectivity index (χ2n) is 11.0. The second-order valence-corrected chi connectivity index (χ2v) is 13.0. The Labute approximate surface area is 209 Å². The van der Waals surface area contributed by atoms with E-state index in [-0.39, 0.29) is 9.52 Å². The first kappa shape index (κ1) is 28.2. The molecule has 0 fully saturated rings. The Bertz CT molecular complexity index is 698. The van der Waals surface area contributed by atoms with Gasteiger partial charge in [0.25, 0.3) is 0 Å². The van der Waals surface area contributed by atoms with Crippen molar-refractivity contribution < 1.29 is 0 Å². The third kappa shape index (κ3) is 10.4. The van der Waals surface area contributed by atoms with Crippen molar-refractivity contribution in [1.82, 2.24) is 0 Å². The number of allylic oxidation sites excluding steroid dienone is 4. The van der Waals surface area contributed by atoms with E-state index < -0.39 is 0 Å². The molecule has 0 spiro atoms. The summed E-state index contributed by atoms with van der Waals surface area (Å²) >= 11 is 0. The summed E-state index contributed by atoms with van der Waals surface area (Å²) in [7, 11) is -0.350. The molecule has 33 heavy (non-hydrogen) atoms. The summed E-state index contributed by atoms with van der Waals surface area (Å²) in [6, 6.07) is 11.2. The van der Waals surface area contributed by atoms with Crippen LogP contribution in [0.1, 0.15) is 137 Å². The number of benzene rings is 1. The van der Waals surface area contributed by atoms with Gasteiger partial charge in [0.05, 0.1) is 9.52 Å². The lowest BCUT2D eigenvalue weighted by molar-refractivity contribution is 0.427. The van der Waals surface area contributed by atoms with Gasteiger partial charge in [-0.05, 0) is 20.3 Å². The van der Waals surface area contributed by atoms with Crippen LogP contribution in [0.15, 0.2) is 52.8 Å². The zero-order valence-electron chi connectivity index (χ0n) is 22.7. The van der Waals surface area contributed by atoms with Crippen LogP contribution in [0, 0.1) is 5.41 Å². The zero-order valence-corrected chi connectivity index (χ0v) is 24.1. The molecule has 0 bridgehead atoms. The summed E-state index contributed by atoms with van der Waals surface area (Å²) in [5, 5.41) is 3.36. The first-order valence-corrected chi connectivity index (χ1v) is 15.9. The minimum Gasteiger partial charge on any atom is -0.0727 e. The largest absolute Gasteiger partial charge is 0.0835 e. The molecule has 2 rings (SSSR count). The maximum Gasteiger partial charge on any atom is 0.0835 e. The van der Waals surface area contributed by atoms with Crippen LogP contribution in [0.25, 0.3) is 0 Å². The minimum atomic E-state index is -0.350. The molecular formula is C32H54Si. The van der Waals surface area contributed by atoms with E-state index in [9.17, 15) is 0 Å². The maximum absolute atomic E-state index is 2.54. The molecule has 0 saturated heterocycles. The zero-order chi connectivity index (χ0) is 23.8. The average Bonchev–Trinajstić information content (AvgIpc) is 3.03. The lowest BCUT2D eigenvalue weighted by Crippen LogP contribution is -2.28. The van der Waals surface area contributed by atoms with Crippen LogP contribution in [-0.4, -0.2) is 9.52 Å². The van der Waals surface area contributed by atoms with E-state index in [4.69, 9.17) is 0 Å². The normalized spacial score (nSPS) is 18.6. The highest BCUT2D eigenvalue weighted by Gasteiger charge is 2.34. The topological polar surface area (TPSA) is 0 Å². The molecule has 1 unspecified atom stereocenters. The Balaban J connectivity index is 1.51. The minimum absolute atomic E-state index is 0.335. The van der Waals surface area contributed by atoms with Gasteiger partial charge in [0.2, 0.25) is 0 Å². The Morgan fingerprint density at radius 1 is 0.636 bits per heavy atom. The molecular weight excluding hydrogens is 412 g/mol. The van der Waals surface area contributed by atoms with Crippen molar-refractivity contribution in [1.29, 1.82) is 0 Å². The summed E-state index contributed by atoms with van der Waals surface area (Å²) < 4.78 is 0.